The number of rotatable bonds is 5. The van der Waals surface area contributed by atoms with Crippen molar-refractivity contribution in [2.45, 2.75) is 0 Å². The van der Waals surface area contributed by atoms with Gasteiger partial charge in [0.1, 0.15) is 22.4 Å². The molecule has 2 aromatic carbocycles. The van der Waals surface area contributed by atoms with Crippen LogP contribution in [0.5, 0.6) is 5.75 Å². The number of carbonyl (C=O) groups excluding carboxylic acids is 1. The predicted octanol–water partition coefficient (Wildman–Crippen LogP) is 3.44. The van der Waals surface area contributed by atoms with Gasteiger partial charge in [-0.1, -0.05) is 11.6 Å². The molecule has 0 atom stereocenters. The van der Waals surface area contributed by atoms with Crippen molar-refractivity contribution in [2.24, 2.45) is 0 Å². The van der Waals surface area contributed by atoms with Crippen molar-refractivity contribution in [1.82, 2.24) is 0 Å². The number of hydrogen-bond acceptors (Lipinski definition) is 6. The molecule has 0 saturated heterocycles. The van der Waals surface area contributed by atoms with Crippen LogP contribution in [0.2, 0.25) is 5.02 Å². The zero-order valence-corrected chi connectivity index (χ0v) is 14.3. The van der Waals surface area contributed by atoms with E-state index in [0.29, 0.717) is 5.69 Å². The highest BCUT2D eigenvalue weighted by Crippen LogP contribution is 2.27. The second-order valence-electron chi connectivity index (χ2n) is 5.16. The molecule has 132 valence electrons. The van der Waals surface area contributed by atoms with Gasteiger partial charge in [0.05, 0.1) is 4.92 Å². The zero-order chi connectivity index (χ0) is 19.3. The van der Waals surface area contributed by atoms with Gasteiger partial charge < -0.3 is 15.3 Å². The summed E-state index contributed by atoms with van der Waals surface area (Å²) >= 11 is 5.72. The highest BCUT2D eigenvalue weighted by Gasteiger charge is 2.16. The number of nitrogens with one attached hydrogen (secondary N) is 1. The van der Waals surface area contributed by atoms with Crippen molar-refractivity contribution in [3.8, 4) is 11.8 Å². The Morgan fingerprint density at radius 2 is 2.00 bits per heavy atom. The van der Waals surface area contributed by atoms with E-state index in [1.807, 2.05) is 0 Å². The molecule has 0 spiro atoms. The van der Waals surface area contributed by atoms with E-state index in [1.54, 1.807) is 25.2 Å². The fourth-order valence-corrected chi connectivity index (χ4v) is 2.21. The van der Waals surface area contributed by atoms with Gasteiger partial charge in [0, 0.05) is 30.7 Å². The molecule has 0 unspecified atom stereocenters. The van der Waals surface area contributed by atoms with Crippen LogP contribution in [-0.2, 0) is 4.79 Å². The minimum atomic E-state index is -0.727. The maximum Gasteiger partial charge on any atom is 0.289 e. The zero-order valence-electron chi connectivity index (χ0n) is 13.5. The van der Waals surface area contributed by atoms with Crippen molar-refractivity contribution in [3.63, 3.8) is 0 Å². The molecule has 2 aromatic rings. The maximum absolute atomic E-state index is 12.3. The third-order valence-electron chi connectivity index (χ3n) is 3.35. The Balaban J connectivity index is 2.21. The average molecular weight is 373 g/mol. The summed E-state index contributed by atoms with van der Waals surface area (Å²) in [7, 11) is 1.63. The lowest BCUT2D eigenvalue weighted by atomic mass is 10.2. The van der Waals surface area contributed by atoms with E-state index in [9.17, 15) is 25.3 Å². The van der Waals surface area contributed by atoms with Crippen LogP contribution in [0.15, 0.2) is 54.2 Å². The van der Waals surface area contributed by atoms with Crippen molar-refractivity contribution in [3.05, 3.63) is 69.4 Å². The SMILES string of the molecule is CN(/C=C(/C#N)C(=O)Nc1ccc(Cl)c([N+](=O)[O-])c1)c1ccc(O)cc1. The van der Waals surface area contributed by atoms with Crippen molar-refractivity contribution in [1.29, 1.82) is 5.26 Å². The van der Waals surface area contributed by atoms with E-state index in [0.717, 1.165) is 6.07 Å². The fourth-order valence-electron chi connectivity index (χ4n) is 2.02. The molecule has 0 aliphatic carbocycles. The van der Waals surface area contributed by atoms with Crippen LogP contribution in [0, 0.1) is 21.4 Å². The largest absolute Gasteiger partial charge is 0.508 e. The van der Waals surface area contributed by atoms with Gasteiger partial charge in [-0.2, -0.15) is 5.26 Å². The molecule has 9 heteroatoms. The van der Waals surface area contributed by atoms with E-state index >= 15 is 0 Å². The van der Waals surface area contributed by atoms with Gasteiger partial charge in [-0.3, -0.25) is 14.9 Å². The molecule has 0 bridgehead atoms. The van der Waals surface area contributed by atoms with E-state index in [2.05, 4.69) is 5.32 Å². The van der Waals surface area contributed by atoms with Gasteiger partial charge in [-0.15, -0.1) is 0 Å². The van der Waals surface area contributed by atoms with Gasteiger partial charge in [-0.25, -0.2) is 0 Å². The number of aromatic hydroxyl groups is 1. The second kappa shape index (κ2) is 8.00. The summed E-state index contributed by atoms with van der Waals surface area (Å²) in [6, 6.07) is 11.7. The van der Waals surface area contributed by atoms with E-state index < -0.39 is 10.8 Å². The normalized spacial score (nSPS) is 10.7. The average Bonchev–Trinajstić information content (AvgIpc) is 2.61. The molecule has 0 fully saturated rings. The van der Waals surface area contributed by atoms with E-state index in [-0.39, 0.29) is 27.7 Å². The molecule has 1 amide bonds. The third kappa shape index (κ3) is 4.49. The highest BCUT2D eigenvalue weighted by atomic mass is 35.5. The Hall–Kier alpha value is -3.57. The van der Waals surface area contributed by atoms with Crippen LogP contribution in [0.1, 0.15) is 0 Å². The number of phenolic OH excluding ortho intramolecular Hbond substituents is 1. The van der Waals surface area contributed by atoms with Crippen LogP contribution < -0.4 is 10.2 Å². The monoisotopic (exact) mass is 372 g/mol. The minimum Gasteiger partial charge on any atom is -0.508 e. The molecule has 8 nitrogen and oxygen atoms in total. The molecule has 0 heterocycles. The Bertz CT molecular complexity index is 919. The van der Waals surface area contributed by atoms with Crippen LogP contribution in [0.3, 0.4) is 0 Å². The summed E-state index contributed by atoms with van der Waals surface area (Å²) in [4.78, 5) is 24.0. The molecule has 0 aliphatic heterocycles. The standard InChI is InChI=1S/C17H13ClN4O4/c1-21(13-3-5-14(23)6-4-13)10-11(9-19)17(24)20-12-2-7-15(18)16(8-12)22(25)26/h2-8,10,23H,1H3,(H,20,24)/b11-10-. The summed E-state index contributed by atoms with van der Waals surface area (Å²) in [6.07, 6.45) is 1.31. The molecular formula is C17H13ClN4O4. The lowest BCUT2D eigenvalue weighted by Gasteiger charge is -2.15. The Morgan fingerprint density at radius 1 is 1.35 bits per heavy atom. The molecule has 2 N–H and O–H groups in total. The number of hydrogen-bond donors (Lipinski definition) is 2. The second-order valence-corrected chi connectivity index (χ2v) is 5.57. The van der Waals surface area contributed by atoms with E-state index in [1.165, 1.54) is 35.4 Å². The first-order chi connectivity index (χ1) is 12.3. The summed E-state index contributed by atoms with van der Waals surface area (Å²) in [5, 5.41) is 31.8. The lowest BCUT2D eigenvalue weighted by Crippen LogP contribution is -2.18. The van der Waals surface area contributed by atoms with Crippen LogP contribution in [0.25, 0.3) is 0 Å². The number of benzene rings is 2. The molecule has 0 saturated carbocycles. The number of carbonyl (C=O) groups is 1. The first-order valence-electron chi connectivity index (χ1n) is 7.21. The smallest absolute Gasteiger partial charge is 0.289 e. The number of amides is 1. The number of nitro groups is 1. The van der Waals surface area contributed by atoms with Gasteiger partial charge >= 0.3 is 0 Å². The summed E-state index contributed by atoms with van der Waals surface area (Å²) in [6.45, 7) is 0. The number of nitro benzene ring substituents is 1. The fraction of sp³-hybridized carbons (Fsp3) is 0.0588. The van der Waals surface area contributed by atoms with Gasteiger partial charge in [0.15, 0.2) is 0 Å². The van der Waals surface area contributed by atoms with Gasteiger partial charge in [0.25, 0.3) is 11.6 Å². The lowest BCUT2D eigenvalue weighted by molar-refractivity contribution is -0.384. The Kier molecular flexibility index (Phi) is 5.78. The molecular weight excluding hydrogens is 360 g/mol. The predicted molar refractivity (Wildman–Crippen MR) is 96.9 cm³/mol. The molecule has 0 radical (unpaired) electrons. The molecule has 0 aromatic heterocycles. The number of anilines is 2. The van der Waals surface area contributed by atoms with Gasteiger partial charge in [0.2, 0.25) is 0 Å². The highest BCUT2D eigenvalue weighted by molar-refractivity contribution is 6.32. The summed E-state index contributed by atoms with van der Waals surface area (Å²) < 4.78 is 0. The number of nitrogens with zero attached hydrogens (tertiary/aromatic N) is 3. The quantitative estimate of drug-likeness (QED) is 0.359. The van der Waals surface area contributed by atoms with Crippen molar-refractivity contribution < 1.29 is 14.8 Å². The maximum atomic E-state index is 12.3. The Morgan fingerprint density at radius 3 is 2.58 bits per heavy atom. The van der Waals surface area contributed by atoms with Crippen LogP contribution in [0.4, 0.5) is 17.1 Å². The van der Waals surface area contributed by atoms with Crippen LogP contribution in [-0.4, -0.2) is 23.0 Å². The number of halogens is 1. The summed E-state index contributed by atoms with van der Waals surface area (Å²) in [5.41, 5.74) is 0.219. The molecule has 2 rings (SSSR count). The van der Waals surface area contributed by atoms with Crippen LogP contribution >= 0.6 is 11.6 Å². The first kappa shape index (κ1) is 18.8. The molecule has 0 aliphatic rings. The third-order valence-corrected chi connectivity index (χ3v) is 3.67. The minimum absolute atomic E-state index is 0.0592. The molecule has 26 heavy (non-hydrogen) atoms. The number of phenols is 1. The first-order valence-corrected chi connectivity index (χ1v) is 7.58. The van der Waals surface area contributed by atoms with Crippen molar-refractivity contribution >= 4 is 34.6 Å². The number of nitriles is 1. The summed E-state index contributed by atoms with van der Waals surface area (Å²) in [5.74, 6) is -0.636. The van der Waals surface area contributed by atoms with Crippen molar-refractivity contribution in [2.75, 3.05) is 17.3 Å². The van der Waals surface area contributed by atoms with Gasteiger partial charge in [-0.05, 0) is 36.4 Å². The Labute approximate surface area is 153 Å². The van der Waals surface area contributed by atoms with E-state index in [4.69, 9.17) is 11.6 Å². The topological polar surface area (TPSA) is 120 Å².